The van der Waals surface area contributed by atoms with Crippen LogP contribution in [0.2, 0.25) is 0 Å². The Morgan fingerprint density at radius 1 is 0.400 bits per heavy atom. The molecule has 4 aromatic carbocycles. The maximum Gasteiger partial charge on any atom is 0.118 e. The Kier molecular flexibility index (Phi) is 9.63. The smallest absolute Gasteiger partial charge is 0.118 e. The molecule has 2 unspecified atom stereocenters. The van der Waals surface area contributed by atoms with Gasteiger partial charge in [0, 0.05) is 0 Å². The van der Waals surface area contributed by atoms with Crippen LogP contribution in [0.25, 0.3) is 0 Å². The molecule has 40 heavy (non-hydrogen) atoms. The summed E-state index contributed by atoms with van der Waals surface area (Å²) in [5.41, 5.74) is 1.08. The van der Waals surface area contributed by atoms with Crippen LogP contribution in [0.15, 0.2) is 97.1 Å². The van der Waals surface area contributed by atoms with E-state index in [-0.39, 0.29) is 0 Å². The summed E-state index contributed by atoms with van der Waals surface area (Å²) in [6.07, 6.45) is 4.97. The maximum absolute atomic E-state index is 5.52. The Hall–Kier alpha value is -3.06. The zero-order valence-electron chi connectivity index (χ0n) is 23.7. The standard InChI is InChI=1S/C34H38O4P2/c1-35-25-9-17-29(18-10-25)39(30-19-11-26(36-2)12-20-30)33-7-5-6-8-34(33)40(31-21-13-27(37-3)14-22-31)32-23-15-28(38-4)16-24-32/h9-24,33-34H,5-8H2,1-4H3. The van der Waals surface area contributed by atoms with Gasteiger partial charge < -0.3 is 18.9 Å². The third kappa shape index (κ3) is 6.30. The first-order chi connectivity index (χ1) is 19.6. The van der Waals surface area contributed by atoms with Crippen LogP contribution in [0.5, 0.6) is 23.0 Å². The first kappa shape index (κ1) is 28.5. The number of benzene rings is 4. The molecule has 0 N–H and O–H groups in total. The molecule has 0 bridgehead atoms. The zero-order valence-corrected chi connectivity index (χ0v) is 25.5. The van der Waals surface area contributed by atoms with Crippen molar-refractivity contribution in [2.75, 3.05) is 28.4 Å². The van der Waals surface area contributed by atoms with Crippen LogP contribution in [0.3, 0.4) is 0 Å². The molecule has 0 amide bonds. The average Bonchev–Trinajstić information content (AvgIpc) is 3.03. The van der Waals surface area contributed by atoms with Crippen molar-refractivity contribution in [3.05, 3.63) is 97.1 Å². The van der Waals surface area contributed by atoms with E-state index in [1.165, 1.54) is 46.9 Å². The average molecular weight is 573 g/mol. The minimum absolute atomic E-state index is 0.542. The second-order valence-electron chi connectivity index (χ2n) is 9.95. The van der Waals surface area contributed by atoms with Gasteiger partial charge in [0.1, 0.15) is 23.0 Å². The van der Waals surface area contributed by atoms with E-state index in [9.17, 15) is 0 Å². The van der Waals surface area contributed by atoms with Crippen LogP contribution in [0.4, 0.5) is 0 Å². The van der Waals surface area contributed by atoms with Crippen molar-refractivity contribution in [3.8, 4) is 23.0 Å². The fourth-order valence-electron chi connectivity index (χ4n) is 5.73. The van der Waals surface area contributed by atoms with Gasteiger partial charge >= 0.3 is 0 Å². The molecule has 0 aromatic heterocycles. The van der Waals surface area contributed by atoms with Gasteiger partial charge in [-0.1, -0.05) is 61.4 Å². The molecule has 0 heterocycles. The van der Waals surface area contributed by atoms with Crippen LogP contribution in [0.1, 0.15) is 25.7 Å². The van der Waals surface area contributed by atoms with E-state index in [2.05, 4.69) is 97.1 Å². The minimum Gasteiger partial charge on any atom is -0.497 e. The highest BCUT2D eigenvalue weighted by Crippen LogP contribution is 2.56. The molecule has 0 saturated heterocycles. The summed E-state index contributed by atoms with van der Waals surface area (Å²) in [5.74, 6) is 3.58. The summed E-state index contributed by atoms with van der Waals surface area (Å²) < 4.78 is 22.1. The maximum atomic E-state index is 5.52. The topological polar surface area (TPSA) is 36.9 Å². The lowest BCUT2D eigenvalue weighted by Crippen LogP contribution is -2.37. The third-order valence-electron chi connectivity index (χ3n) is 7.76. The molecule has 208 valence electrons. The van der Waals surface area contributed by atoms with E-state index in [1.807, 2.05) is 0 Å². The Labute approximate surface area is 241 Å². The van der Waals surface area contributed by atoms with Gasteiger partial charge in [0.2, 0.25) is 0 Å². The minimum atomic E-state index is -0.619. The molecule has 0 spiro atoms. The lowest BCUT2D eigenvalue weighted by atomic mass is 9.99. The van der Waals surface area contributed by atoms with Gasteiger partial charge in [0.15, 0.2) is 0 Å². The van der Waals surface area contributed by atoms with Gasteiger partial charge in [0.05, 0.1) is 28.4 Å². The number of rotatable bonds is 10. The van der Waals surface area contributed by atoms with Crippen LogP contribution in [-0.2, 0) is 0 Å². The van der Waals surface area contributed by atoms with Crippen molar-refractivity contribution < 1.29 is 18.9 Å². The van der Waals surface area contributed by atoms with Gasteiger partial charge in [-0.3, -0.25) is 0 Å². The molecule has 2 atom stereocenters. The second kappa shape index (κ2) is 13.5. The van der Waals surface area contributed by atoms with Crippen molar-refractivity contribution in [2.24, 2.45) is 0 Å². The molecular formula is C34H38O4P2. The third-order valence-corrected chi connectivity index (χ3v) is 14.0. The molecule has 1 aliphatic carbocycles. The van der Waals surface area contributed by atoms with Crippen LogP contribution < -0.4 is 40.2 Å². The van der Waals surface area contributed by atoms with Gasteiger partial charge in [0.25, 0.3) is 0 Å². The molecule has 5 rings (SSSR count). The van der Waals surface area contributed by atoms with E-state index >= 15 is 0 Å². The van der Waals surface area contributed by atoms with Crippen LogP contribution in [-0.4, -0.2) is 39.8 Å². The SMILES string of the molecule is COc1ccc(P(c2ccc(OC)cc2)C2CCCCC2P(c2ccc(OC)cc2)c2ccc(OC)cc2)cc1. The Balaban J connectivity index is 1.62. The number of hydrogen-bond donors (Lipinski definition) is 0. The zero-order chi connectivity index (χ0) is 27.9. The van der Waals surface area contributed by atoms with Crippen molar-refractivity contribution in [1.82, 2.24) is 0 Å². The molecule has 1 saturated carbocycles. The number of ether oxygens (including phenoxy) is 4. The van der Waals surface area contributed by atoms with E-state index in [0.29, 0.717) is 11.3 Å². The summed E-state index contributed by atoms with van der Waals surface area (Å²) in [6, 6.07) is 35.2. The van der Waals surface area contributed by atoms with Gasteiger partial charge in [-0.25, -0.2) is 0 Å². The van der Waals surface area contributed by atoms with Crippen LogP contribution in [0, 0.1) is 0 Å². The summed E-state index contributed by atoms with van der Waals surface area (Å²) >= 11 is 0. The van der Waals surface area contributed by atoms with Gasteiger partial charge in [-0.05, 0) is 110 Å². The van der Waals surface area contributed by atoms with Crippen molar-refractivity contribution in [1.29, 1.82) is 0 Å². The predicted octanol–water partition coefficient (Wildman–Crippen LogP) is 6.60. The fraction of sp³-hybridized carbons (Fsp3) is 0.294. The lowest BCUT2D eigenvalue weighted by Gasteiger charge is -2.42. The Morgan fingerprint density at radius 3 is 0.825 bits per heavy atom. The molecular weight excluding hydrogens is 534 g/mol. The van der Waals surface area contributed by atoms with E-state index in [1.54, 1.807) is 28.4 Å². The first-order valence-corrected chi connectivity index (χ1v) is 16.6. The van der Waals surface area contributed by atoms with E-state index in [4.69, 9.17) is 18.9 Å². The number of hydrogen-bond acceptors (Lipinski definition) is 4. The first-order valence-electron chi connectivity index (χ1n) is 13.8. The Morgan fingerprint density at radius 2 is 0.625 bits per heavy atom. The van der Waals surface area contributed by atoms with Crippen molar-refractivity contribution >= 4 is 37.1 Å². The molecule has 0 aliphatic heterocycles. The van der Waals surface area contributed by atoms with E-state index < -0.39 is 15.8 Å². The largest absolute Gasteiger partial charge is 0.497 e. The molecule has 1 aliphatic rings. The fourth-order valence-corrected chi connectivity index (χ4v) is 12.4. The van der Waals surface area contributed by atoms with Crippen molar-refractivity contribution in [3.63, 3.8) is 0 Å². The van der Waals surface area contributed by atoms with Crippen molar-refractivity contribution in [2.45, 2.75) is 37.0 Å². The molecule has 0 radical (unpaired) electrons. The second-order valence-corrected chi connectivity index (χ2v) is 14.8. The molecule has 1 fully saturated rings. The summed E-state index contributed by atoms with van der Waals surface area (Å²) in [6.45, 7) is 0. The monoisotopic (exact) mass is 572 g/mol. The molecule has 4 aromatic rings. The van der Waals surface area contributed by atoms with Gasteiger partial charge in [-0.2, -0.15) is 0 Å². The highest BCUT2D eigenvalue weighted by Gasteiger charge is 2.39. The highest BCUT2D eigenvalue weighted by atomic mass is 31.1. The Bertz CT molecular complexity index is 1140. The van der Waals surface area contributed by atoms with Gasteiger partial charge in [-0.15, -0.1) is 0 Å². The summed E-state index contributed by atoms with van der Waals surface area (Å²) in [5, 5.41) is 5.60. The predicted molar refractivity (Wildman–Crippen MR) is 170 cm³/mol. The van der Waals surface area contributed by atoms with E-state index in [0.717, 1.165) is 23.0 Å². The molecule has 4 nitrogen and oxygen atoms in total. The summed E-state index contributed by atoms with van der Waals surface area (Å²) in [7, 11) is 5.69. The normalized spacial score (nSPS) is 17.1. The lowest BCUT2D eigenvalue weighted by molar-refractivity contribution is 0.415. The molecule has 6 heteroatoms. The van der Waals surface area contributed by atoms with Crippen LogP contribution >= 0.6 is 15.8 Å². The summed E-state index contributed by atoms with van der Waals surface area (Å²) in [4.78, 5) is 0. The quantitative estimate of drug-likeness (QED) is 0.201. The highest BCUT2D eigenvalue weighted by molar-refractivity contribution is 7.77. The number of methoxy groups -OCH3 is 4.